The second kappa shape index (κ2) is 10.6. The molecule has 160 valence electrons. The SMILES string of the molecule is Cc1ccc(NC(=O)C[NH+]2CCN(C(=O)C[NH2+][C@H](C)c3cccc(Cl)c3)CC2)cc1. The standard InChI is InChI=1S/C23H29ClN4O2/c1-17-6-8-21(9-7-17)26-22(29)16-27-10-12-28(13-11-27)23(30)15-25-18(2)19-4-3-5-20(24)14-19/h3-9,14,18,25H,10-13,15-16H2,1-2H3,(H,26,29)/p+2/t18-/m1/s1. The fraction of sp³-hybridized carbons (Fsp3) is 0.391. The molecule has 6 nitrogen and oxygen atoms in total. The molecule has 1 saturated heterocycles. The van der Waals surface area contributed by atoms with Crippen LogP contribution in [0.4, 0.5) is 5.69 Å². The van der Waals surface area contributed by atoms with Crippen LogP contribution < -0.4 is 15.5 Å². The molecule has 0 aliphatic carbocycles. The third kappa shape index (κ3) is 6.55. The summed E-state index contributed by atoms with van der Waals surface area (Å²) in [7, 11) is 0. The van der Waals surface area contributed by atoms with Crippen molar-refractivity contribution >= 4 is 29.1 Å². The first kappa shape index (κ1) is 22.3. The lowest BCUT2D eigenvalue weighted by molar-refractivity contribution is -0.895. The van der Waals surface area contributed by atoms with Crippen LogP contribution in [-0.2, 0) is 9.59 Å². The predicted octanol–water partition coefficient (Wildman–Crippen LogP) is 0.639. The van der Waals surface area contributed by atoms with Gasteiger partial charge in [-0.05, 0) is 38.1 Å². The van der Waals surface area contributed by atoms with Gasteiger partial charge in [0.15, 0.2) is 13.1 Å². The Hall–Kier alpha value is -2.41. The van der Waals surface area contributed by atoms with E-state index >= 15 is 0 Å². The van der Waals surface area contributed by atoms with E-state index in [1.165, 1.54) is 10.5 Å². The number of piperazine rings is 1. The number of nitrogens with two attached hydrogens (primary N) is 1. The van der Waals surface area contributed by atoms with Crippen molar-refractivity contribution in [2.24, 2.45) is 0 Å². The summed E-state index contributed by atoms with van der Waals surface area (Å²) in [5.41, 5.74) is 3.10. The maximum absolute atomic E-state index is 12.6. The Morgan fingerprint density at radius 1 is 1.17 bits per heavy atom. The predicted molar refractivity (Wildman–Crippen MR) is 119 cm³/mol. The summed E-state index contributed by atoms with van der Waals surface area (Å²) in [5, 5.41) is 5.70. The molecule has 1 fully saturated rings. The number of quaternary nitrogens is 2. The summed E-state index contributed by atoms with van der Waals surface area (Å²) >= 11 is 6.05. The molecule has 1 heterocycles. The molecule has 30 heavy (non-hydrogen) atoms. The number of hydrogen-bond acceptors (Lipinski definition) is 2. The van der Waals surface area contributed by atoms with Crippen LogP contribution in [0, 0.1) is 6.92 Å². The van der Waals surface area contributed by atoms with Crippen LogP contribution in [0.1, 0.15) is 24.1 Å². The maximum atomic E-state index is 12.6. The largest absolute Gasteiger partial charge is 0.333 e. The van der Waals surface area contributed by atoms with E-state index < -0.39 is 0 Å². The number of hydrogen-bond donors (Lipinski definition) is 3. The molecule has 3 rings (SSSR count). The van der Waals surface area contributed by atoms with Crippen molar-refractivity contribution in [2.45, 2.75) is 19.9 Å². The van der Waals surface area contributed by atoms with Crippen molar-refractivity contribution in [2.75, 3.05) is 44.6 Å². The van der Waals surface area contributed by atoms with E-state index in [4.69, 9.17) is 11.6 Å². The molecule has 2 aromatic rings. The Morgan fingerprint density at radius 2 is 1.87 bits per heavy atom. The zero-order chi connectivity index (χ0) is 21.5. The van der Waals surface area contributed by atoms with E-state index in [1.54, 1.807) is 0 Å². The topological polar surface area (TPSA) is 70.5 Å². The van der Waals surface area contributed by atoms with Gasteiger partial charge in [0.05, 0.1) is 26.2 Å². The molecule has 1 atom stereocenters. The zero-order valence-electron chi connectivity index (χ0n) is 17.7. The second-order valence-electron chi connectivity index (χ2n) is 8.01. The molecule has 4 N–H and O–H groups in total. The highest BCUT2D eigenvalue weighted by Gasteiger charge is 2.26. The van der Waals surface area contributed by atoms with Crippen molar-refractivity contribution in [3.63, 3.8) is 0 Å². The number of aryl methyl sites for hydroxylation is 1. The van der Waals surface area contributed by atoms with E-state index in [2.05, 4.69) is 12.2 Å². The molecule has 0 radical (unpaired) electrons. The van der Waals surface area contributed by atoms with E-state index in [-0.39, 0.29) is 17.9 Å². The van der Waals surface area contributed by atoms with Gasteiger partial charge in [-0.3, -0.25) is 9.59 Å². The Kier molecular flexibility index (Phi) is 7.85. The lowest BCUT2D eigenvalue weighted by Crippen LogP contribution is -3.15. The molecule has 1 aliphatic rings. The number of benzene rings is 2. The van der Waals surface area contributed by atoms with Gasteiger partial charge in [-0.1, -0.05) is 41.4 Å². The highest BCUT2D eigenvalue weighted by molar-refractivity contribution is 6.30. The summed E-state index contributed by atoms with van der Waals surface area (Å²) in [6.07, 6.45) is 0. The van der Waals surface area contributed by atoms with Gasteiger partial charge >= 0.3 is 0 Å². The highest BCUT2D eigenvalue weighted by Crippen LogP contribution is 2.14. The number of anilines is 1. The molecule has 0 saturated carbocycles. The van der Waals surface area contributed by atoms with Crippen LogP contribution in [0.3, 0.4) is 0 Å². The molecule has 0 unspecified atom stereocenters. The van der Waals surface area contributed by atoms with E-state index in [1.807, 2.05) is 65.7 Å². The van der Waals surface area contributed by atoms with E-state index in [9.17, 15) is 9.59 Å². The average molecular weight is 431 g/mol. The van der Waals surface area contributed by atoms with Gasteiger partial charge < -0.3 is 20.4 Å². The van der Waals surface area contributed by atoms with Crippen LogP contribution in [0.15, 0.2) is 48.5 Å². The third-order valence-corrected chi connectivity index (χ3v) is 5.82. The van der Waals surface area contributed by atoms with Crippen molar-refractivity contribution < 1.29 is 19.8 Å². The quantitative estimate of drug-likeness (QED) is 0.603. The van der Waals surface area contributed by atoms with E-state index in [0.717, 1.165) is 24.3 Å². The number of carbonyl (C=O) groups excluding carboxylic acids is 2. The van der Waals surface area contributed by atoms with Gasteiger partial charge in [-0.15, -0.1) is 0 Å². The Balaban J connectivity index is 1.38. The Bertz CT molecular complexity index is 864. The van der Waals surface area contributed by atoms with Crippen molar-refractivity contribution in [3.05, 3.63) is 64.7 Å². The molecule has 7 heteroatoms. The van der Waals surface area contributed by atoms with Crippen LogP contribution >= 0.6 is 11.6 Å². The summed E-state index contributed by atoms with van der Waals surface area (Å²) < 4.78 is 0. The number of carbonyl (C=O) groups is 2. The van der Waals surface area contributed by atoms with Gasteiger partial charge in [-0.25, -0.2) is 0 Å². The fourth-order valence-corrected chi connectivity index (χ4v) is 3.85. The normalized spacial score (nSPS) is 15.6. The van der Waals surface area contributed by atoms with Crippen molar-refractivity contribution in [3.8, 4) is 0 Å². The molecule has 2 amide bonds. The maximum Gasteiger partial charge on any atom is 0.279 e. The minimum atomic E-state index is 0.0114. The number of nitrogens with zero attached hydrogens (tertiary/aromatic N) is 1. The molecule has 0 aromatic heterocycles. The minimum Gasteiger partial charge on any atom is -0.333 e. The molecule has 1 aliphatic heterocycles. The smallest absolute Gasteiger partial charge is 0.279 e. The molecule has 2 aromatic carbocycles. The molecular weight excluding hydrogens is 400 g/mol. The number of rotatable bonds is 7. The van der Waals surface area contributed by atoms with Crippen LogP contribution in [0.5, 0.6) is 0 Å². The zero-order valence-corrected chi connectivity index (χ0v) is 18.4. The summed E-state index contributed by atoms with van der Waals surface area (Å²) in [5.74, 6) is 0.157. The summed E-state index contributed by atoms with van der Waals surface area (Å²) in [6.45, 7) is 7.88. The Labute approximate surface area is 183 Å². The monoisotopic (exact) mass is 430 g/mol. The van der Waals surface area contributed by atoms with Crippen LogP contribution in [0.25, 0.3) is 0 Å². The van der Waals surface area contributed by atoms with Gasteiger partial charge in [0.2, 0.25) is 0 Å². The molecule has 0 spiro atoms. The first-order valence-corrected chi connectivity index (χ1v) is 10.8. The number of nitrogens with one attached hydrogen (secondary N) is 2. The lowest BCUT2D eigenvalue weighted by Gasteiger charge is -2.31. The van der Waals surface area contributed by atoms with Gasteiger partial charge in [0.25, 0.3) is 11.8 Å². The van der Waals surface area contributed by atoms with Gasteiger partial charge in [0.1, 0.15) is 6.04 Å². The first-order chi connectivity index (χ1) is 14.4. The second-order valence-corrected chi connectivity index (χ2v) is 8.44. The number of amides is 2. The minimum absolute atomic E-state index is 0.0114. The van der Waals surface area contributed by atoms with Gasteiger partial charge in [-0.2, -0.15) is 0 Å². The molecular formula is C23H31ClN4O2+2. The Morgan fingerprint density at radius 3 is 2.53 bits per heavy atom. The third-order valence-electron chi connectivity index (χ3n) is 5.59. The average Bonchev–Trinajstić information content (AvgIpc) is 2.74. The van der Waals surface area contributed by atoms with Crippen LogP contribution in [-0.4, -0.2) is 56.0 Å². The van der Waals surface area contributed by atoms with Crippen molar-refractivity contribution in [1.82, 2.24) is 4.90 Å². The lowest BCUT2D eigenvalue weighted by atomic mass is 10.1. The van der Waals surface area contributed by atoms with E-state index in [0.29, 0.717) is 31.2 Å². The summed E-state index contributed by atoms with van der Waals surface area (Å²) in [6, 6.07) is 15.7. The first-order valence-electron chi connectivity index (χ1n) is 10.5. The number of halogens is 1. The molecule has 0 bridgehead atoms. The fourth-order valence-electron chi connectivity index (χ4n) is 3.65. The highest BCUT2D eigenvalue weighted by atomic mass is 35.5. The summed E-state index contributed by atoms with van der Waals surface area (Å²) in [4.78, 5) is 28.0. The van der Waals surface area contributed by atoms with Crippen LogP contribution in [0.2, 0.25) is 5.02 Å². The van der Waals surface area contributed by atoms with Crippen molar-refractivity contribution in [1.29, 1.82) is 0 Å². The van der Waals surface area contributed by atoms with Gasteiger partial charge in [0, 0.05) is 16.3 Å².